The van der Waals surface area contributed by atoms with E-state index >= 15 is 0 Å². The molecule has 1 unspecified atom stereocenters. The number of nitrogens with zero attached hydrogens (tertiary/aromatic N) is 2. The van der Waals surface area contributed by atoms with Crippen LogP contribution in [0.15, 0.2) is 34.9 Å². The first-order valence-corrected chi connectivity index (χ1v) is 7.86. The second-order valence-corrected chi connectivity index (χ2v) is 5.83. The molecule has 112 valence electrons. The van der Waals surface area contributed by atoms with E-state index in [0.29, 0.717) is 0 Å². The molecular weight excluding hydrogens is 333 g/mol. The minimum atomic E-state index is -0.235. The van der Waals surface area contributed by atoms with E-state index in [2.05, 4.69) is 38.1 Å². The van der Waals surface area contributed by atoms with Crippen LogP contribution >= 0.6 is 15.9 Å². The van der Waals surface area contributed by atoms with Crippen LogP contribution in [-0.4, -0.2) is 16.5 Å². The highest BCUT2D eigenvalue weighted by atomic mass is 79.9. The van der Waals surface area contributed by atoms with Crippen LogP contribution in [0.1, 0.15) is 36.5 Å². The van der Waals surface area contributed by atoms with Crippen LogP contribution in [0.25, 0.3) is 0 Å². The molecule has 0 radical (unpaired) electrons. The van der Waals surface area contributed by atoms with Gasteiger partial charge in [0.05, 0.1) is 11.7 Å². The van der Waals surface area contributed by atoms with Crippen molar-refractivity contribution in [2.45, 2.75) is 32.7 Å². The molecule has 1 N–H and O–H groups in total. The molecule has 2 rings (SSSR count). The van der Waals surface area contributed by atoms with Crippen LogP contribution in [0.5, 0.6) is 0 Å². The Kier molecular flexibility index (Phi) is 5.82. The lowest BCUT2D eigenvalue weighted by atomic mass is 10.0. The maximum absolute atomic E-state index is 13.2. The van der Waals surface area contributed by atoms with Gasteiger partial charge in [0.25, 0.3) is 0 Å². The van der Waals surface area contributed by atoms with Gasteiger partial charge in [0.2, 0.25) is 0 Å². The number of aryl methyl sites for hydroxylation is 1. The standard InChI is InChI=1S/C16H19BrFN3/c1-3-7-20-16(15-6-8-19-11(2)21-15)9-12-4-5-13(18)10-14(12)17/h4-6,8,10,16,20H,3,7,9H2,1-2H3. The molecule has 0 saturated heterocycles. The summed E-state index contributed by atoms with van der Waals surface area (Å²) in [5.74, 6) is 0.524. The van der Waals surface area contributed by atoms with Gasteiger partial charge in [-0.1, -0.05) is 28.9 Å². The van der Waals surface area contributed by atoms with Crippen LogP contribution in [0.3, 0.4) is 0 Å². The van der Waals surface area contributed by atoms with E-state index in [1.165, 1.54) is 12.1 Å². The second kappa shape index (κ2) is 7.61. The molecule has 0 spiro atoms. The minimum absolute atomic E-state index is 0.0911. The molecule has 1 heterocycles. The molecule has 0 aliphatic heterocycles. The number of hydrogen-bond donors (Lipinski definition) is 1. The van der Waals surface area contributed by atoms with Crippen molar-refractivity contribution in [1.82, 2.24) is 15.3 Å². The van der Waals surface area contributed by atoms with Crippen LogP contribution in [0, 0.1) is 12.7 Å². The molecule has 0 aliphatic rings. The van der Waals surface area contributed by atoms with Crippen LogP contribution in [0.4, 0.5) is 4.39 Å². The Morgan fingerprint density at radius 1 is 1.33 bits per heavy atom. The van der Waals surface area contributed by atoms with Gasteiger partial charge in [-0.25, -0.2) is 14.4 Å². The van der Waals surface area contributed by atoms with Crippen LogP contribution in [0.2, 0.25) is 0 Å². The highest BCUT2D eigenvalue weighted by Gasteiger charge is 2.15. The van der Waals surface area contributed by atoms with Gasteiger partial charge in [-0.2, -0.15) is 0 Å². The third kappa shape index (κ3) is 4.58. The Labute approximate surface area is 133 Å². The molecule has 0 aliphatic carbocycles. The van der Waals surface area contributed by atoms with Crippen LogP contribution < -0.4 is 5.32 Å². The molecular formula is C16H19BrFN3. The average Bonchev–Trinajstić information content (AvgIpc) is 2.45. The molecule has 2 aromatic rings. The van der Waals surface area contributed by atoms with E-state index in [1.54, 1.807) is 6.20 Å². The number of benzene rings is 1. The summed E-state index contributed by atoms with van der Waals surface area (Å²) in [5.41, 5.74) is 2.02. The molecule has 21 heavy (non-hydrogen) atoms. The molecule has 5 heteroatoms. The molecule has 1 aromatic heterocycles. The zero-order valence-electron chi connectivity index (χ0n) is 12.2. The number of halogens is 2. The monoisotopic (exact) mass is 351 g/mol. The molecule has 1 aromatic carbocycles. The van der Waals surface area contributed by atoms with Gasteiger partial charge in [-0.15, -0.1) is 0 Å². The zero-order valence-corrected chi connectivity index (χ0v) is 13.8. The molecule has 0 bridgehead atoms. The Morgan fingerprint density at radius 2 is 2.14 bits per heavy atom. The Balaban J connectivity index is 2.23. The van der Waals surface area contributed by atoms with E-state index in [9.17, 15) is 4.39 Å². The van der Waals surface area contributed by atoms with E-state index < -0.39 is 0 Å². The summed E-state index contributed by atoms with van der Waals surface area (Å²) in [7, 11) is 0. The van der Waals surface area contributed by atoms with Crippen molar-refractivity contribution >= 4 is 15.9 Å². The first kappa shape index (κ1) is 16.0. The van der Waals surface area contributed by atoms with Gasteiger partial charge in [0.1, 0.15) is 11.6 Å². The quantitative estimate of drug-likeness (QED) is 0.855. The molecule has 1 atom stereocenters. The van der Waals surface area contributed by atoms with Crippen molar-refractivity contribution in [1.29, 1.82) is 0 Å². The van der Waals surface area contributed by atoms with Crippen LogP contribution in [-0.2, 0) is 6.42 Å². The van der Waals surface area contributed by atoms with Gasteiger partial charge in [-0.05, 0) is 50.1 Å². The minimum Gasteiger partial charge on any atom is -0.308 e. The van der Waals surface area contributed by atoms with Gasteiger partial charge < -0.3 is 5.32 Å². The fourth-order valence-electron chi connectivity index (χ4n) is 2.18. The summed E-state index contributed by atoms with van der Waals surface area (Å²) >= 11 is 3.43. The summed E-state index contributed by atoms with van der Waals surface area (Å²) in [4.78, 5) is 8.65. The molecule has 0 amide bonds. The van der Waals surface area contributed by atoms with Crippen molar-refractivity contribution in [3.05, 3.63) is 57.8 Å². The lowest BCUT2D eigenvalue weighted by molar-refractivity contribution is 0.514. The van der Waals surface area contributed by atoms with E-state index in [0.717, 1.165) is 40.9 Å². The maximum Gasteiger partial charge on any atom is 0.125 e. The Hall–Kier alpha value is -1.33. The van der Waals surface area contributed by atoms with Gasteiger partial charge in [0.15, 0.2) is 0 Å². The summed E-state index contributed by atoms with van der Waals surface area (Å²) in [6, 6.07) is 6.82. The van der Waals surface area contributed by atoms with Crippen molar-refractivity contribution in [3.63, 3.8) is 0 Å². The highest BCUT2D eigenvalue weighted by Crippen LogP contribution is 2.24. The smallest absolute Gasteiger partial charge is 0.125 e. The van der Waals surface area contributed by atoms with Crippen molar-refractivity contribution in [2.75, 3.05) is 6.54 Å². The summed E-state index contributed by atoms with van der Waals surface area (Å²) in [5, 5.41) is 3.50. The largest absolute Gasteiger partial charge is 0.308 e. The maximum atomic E-state index is 13.2. The topological polar surface area (TPSA) is 37.8 Å². The fraction of sp³-hybridized carbons (Fsp3) is 0.375. The van der Waals surface area contributed by atoms with E-state index in [4.69, 9.17) is 0 Å². The molecule has 3 nitrogen and oxygen atoms in total. The highest BCUT2D eigenvalue weighted by molar-refractivity contribution is 9.10. The predicted octanol–water partition coefficient (Wildman–Crippen LogP) is 3.97. The number of hydrogen-bond acceptors (Lipinski definition) is 3. The third-order valence-electron chi connectivity index (χ3n) is 3.23. The fourth-order valence-corrected chi connectivity index (χ4v) is 2.69. The van der Waals surface area contributed by atoms with Crippen molar-refractivity contribution < 1.29 is 4.39 Å². The van der Waals surface area contributed by atoms with E-state index in [-0.39, 0.29) is 11.9 Å². The SMILES string of the molecule is CCCNC(Cc1ccc(F)cc1Br)c1ccnc(C)n1. The third-order valence-corrected chi connectivity index (χ3v) is 3.97. The number of rotatable bonds is 6. The average molecular weight is 352 g/mol. The number of aromatic nitrogens is 2. The normalized spacial score (nSPS) is 12.4. The molecule has 0 saturated carbocycles. The second-order valence-electron chi connectivity index (χ2n) is 4.98. The van der Waals surface area contributed by atoms with Crippen molar-refractivity contribution in [3.8, 4) is 0 Å². The Bertz CT molecular complexity index is 604. The zero-order chi connectivity index (χ0) is 15.2. The predicted molar refractivity (Wildman–Crippen MR) is 85.6 cm³/mol. The number of nitrogens with one attached hydrogen (secondary N) is 1. The summed E-state index contributed by atoms with van der Waals surface area (Å²) in [6.45, 7) is 4.92. The van der Waals surface area contributed by atoms with E-state index in [1.807, 2.05) is 19.1 Å². The van der Waals surface area contributed by atoms with Gasteiger partial charge >= 0.3 is 0 Å². The first-order chi connectivity index (χ1) is 10.1. The first-order valence-electron chi connectivity index (χ1n) is 7.07. The van der Waals surface area contributed by atoms with Crippen molar-refractivity contribution in [2.24, 2.45) is 0 Å². The lowest BCUT2D eigenvalue weighted by Gasteiger charge is -2.19. The van der Waals surface area contributed by atoms with Gasteiger partial charge in [-0.3, -0.25) is 0 Å². The van der Waals surface area contributed by atoms with Gasteiger partial charge in [0, 0.05) is 10.7 Å². The Morgan fingerprint density at radius 3 is 2.81 bits per heavy atom. The lowest BCUT2D eigenvalue weighted by Crippen LogP contribution is -2.25. The summed E-state index contributed by atoms with van der Waals surface area (Å²) < 4.78 is 14.0. The molecule has 0 fully saturated rings. The summed E-state index contributed by atoms with van der Waals surface area (Å²) in [6.07, 6.45) is 3.57.